The van der Waals surface area contributed by atoms with Gasteiger partial charge in [-0.2, -0.15) is 4.98 Å². The number of hydrogen-bond donors (Lipinski definition) is 1. The van der Waals surface area contributed by atoms with Crippen LogP contribution in [0.25, 0.3) is 11.5 Å². The average molecular weight is 480 g/mol. The van der Waals surface area contributed by atoms with Crippen molar-refractivity contribution in [2.24, 2.45) is 0 Å². The predicted molar refractivity (Wildman–Crippen MR) is 129 cm³/mol. The van der Waals surface area contributed by atoms with Crippen LogP contribution in [0.15, 0.2) is 53.1 Å². The molecule has 1 aliphatic heterocycles. The van der Waals surface area contributed by atoms with Crippen LogP contribution in [-0.4, -0.2) is 71.5 Å². The molecule has 1 aromatic heterocycles. The number of nitrogens with zero attached hydrogens (tertiary/aromatic N) is 4. The lowest BCUT2D eigenvalue weighted by Crippen LogP contribution is -2.37. The van der Waals surface area contributed by atoms with Gasteiger partial charge < -0.3 is 19.6 Å². The summed E-state index contributed by atoms with van der Waals surface area (Å²) >= 11 is 0. The second kappa shape index (κ2) is 11.7. The van der Waals surface area contributed by atoms with Crippen molar-refractivity contribution >= 4 is 11.8 Å². The van der Waals surface area contributed by atoms with Crippen LogP contribution in [-0.2, 0) is 6.42 Å². The summed E-state index contributed by atoms with van der Waals surface area (Å²) in [5, 5.41) is 6.95. The zero-order chi connectivity index (χ0) is 24.6. The maximum Gasteiger partial charge on any atom is 0.257 e. The summed E-state index contributed by atoms with van der Waals surface area (Å²) in [4.78, 5) is 33.1. The Morgan fingerprint density at radius 1 is 1.09 bits per heavy atom. The highest BCUT2D eigenvalue weighted by Crippen LogP contribution is 2.18. The highest BCUT2D eigenvalue weighted by atomic mass is 19.1. The lowest BCUT2D eigenvalue weighted by Gasteiger charge is -2.26. The molecule has 0 atom stereocenters. The number of piperidine rings is 1. The molecule has 1 aliphatic rings. The van der Waals surface area contributed by atoms with Gasteiger partial charge in [-0.3, -0.25) is 9.59 Å². The van der Waals surface area contributed by atoms with Crippen molar-refractivity contribution < 1.29 is 18.5 Å². The van der Waals surface area contributed by atoms with Gasteiger partial charge in [-0.15, -0.1) is 0 Å². The molecule has 1 N–H and O–H groups in total. The molecule has 0 unspecified atom stereocenters. The highest BCUT2D eigenvalue weighted by molar-refractivity contribution is 5.95. The first-order valence-electron chi connectivity index (χ1n) is 11.9. The molecule has 0 saturated carbocycles. The zero-order valence-corrected chi connectivity index (χ0v) is 19.9. The Balaban J connectivity index is 1.27. The van der Waals surface area contributed by atoms with Crippen molar-refractivity contribution in [2.75, 3.05) is 39.8 Å². The molecular weight excluding hydrogens is 449 g/mol. The Bertz CT molecular complexity index is 1140. The molecule has 2 amide bonds. The Morgan fingerprint density at radius 2 is 1.83 bits per heavy atom. The van der Waals surface area contributed by atoms with Crippen LogP contribution >= 0.6 is 0 Å². The molecule has 3 aromatic rings. The number of carbonyl (C=O) groups excluding carboxylic acids is 2. The van der Waals surface area contributed by atoms with Gasteiger partial charge in [-0.05, 0) is 62.3 Å². The molecule has 2 aromatic carbocycles. The fraction of sp³-hybridized carbons (Fsp3) is 0.385. The summed E-state index contributed by atoms with van der Waals surface area (Å²) in [6, 6.07) is 12.9. The first-order valence-corrected chi connectivity index (χ1v) is 11.9. The fourth-order valence-electron chi connectivity index (χ4n) is 4.06. The summed E-state index contributed by atoms with van der Waals surface area (Å²) in [7, 11) is 1.60. The van der Waals surface area contributed by atoms with Crippen LogP contribution in [0.3, 0.4) is 0 Å². The van der Waals surface area contributed by atoms with E-state index in [0.29, 0.717) is 42.4 Å². The highest BCUT2D eigenvalue weighted by Gasteiger charge is 2.17. The maximum absolute atomic E-state index is 13.9. The van der Waals surface area contributed by atoms with E-state index in [0.717, 1.165) is 19.6 Å². The first-order chi connectivity index (χ1) is 17.0. The topological polar surface area (TPSA) is 91.6 Å². The number of benzene rings is 2. The van der Waals surface area contributed by atoms with Gasteiger partial charge in [0.1, 0.15) is 5.82 Å². The number of nitrogens with one attached hydrogen (secondary N) is 1. The van der Waals surface area contributed by atoms with Gasteiger partial charge in [0, 0.05) is 44.2 Å². The minimum Gasteiger partial charge on any atom is -0.351 e. The van der Waals surface area contributed by atoms with E-state index in [2.05, 4.69) is 20.4 Å². The number of rotatable bonds is 9. The number of likely N-dealkylation sites (N-methyl/N-ethyl adjacent to an activating group) is 1. The van der Waals surface area contributed by atoms with Gasteiger partial charge in [0.25, 0.3) is 17.7 Å². The van der Waals surface area contributed by atoms with E-state index < -0.39 is 11.7 Å². The molecule has 35 heavy (non-hydrogen) atoms. The van der Waals surface area contributed by atoms with Gasteiger partial charge in [0.15, 0.2) is 5.82 Å². The molecule has 2 heterocycles. The van der Waals surface area contributed by atoms with E-state index in [-0.39, 0.29) is 11.5 Å². The summed E-state index contributed by atoms with van der Waals surface area (Å²) in [6.07, 6.45) is 4.12. The van der Waals surface area contributed by atoms with Gasteiger partial charge in [0.2, 0.25) is 0 Å². The Kier molecular flexibility index (Phi) is 8.20. The monoisotopic (exact) mass is 479 g/mol. The molecule has 9 heteroatoms. The molecule has 0 spiro atoms. The second-order valence-electron chi connectivity index (χ2n) is 8.71. The smallest absolute Gasteiger partial charge is 0.257 e. The number of hydrogen-bond acceptors (Lipinski definition) is 6. The predicted octanol–water partition coefficient (Wildman–Crippen LogP) is 3.41. The van der Waals surface area contributed by atoms with Crippen molar-refractivity contribution in [3.05, 3.63) is 71.3 Å². The molecule has 1 fully saturated rings. The molecule has 0 bridgehead atoms. The Hall–Kier alpha value is -3.59. The minimum atomic E-state index is -0.551. The van der Waals surface area contributed by atoms with Crippen molar-refractivity contribution in [3.8, 4) is 11.5 Å². The number of aromatic nitrogens is 2. The van der Waals surface area contributed by atoms with Crippen LogP contribution in [0, 0.1) is 5.82 Å². The molecule has 0 aliphatic carbocycles. The molecule has 4 rings (SSSR count). The number of halogens is 1. The largest absolute Gasteiger partial charge is 0.351 e. The fourth-order valence-corrected chi connectivity index (χ4v) is 4.06. The molecule has 8 nitrogen and oxygen atoms in total. The third-order valence-corrected chi connectivity index (χ3v) is 6.15. The molecule has 1 saturated heterocycles. The normalized spacial score (nSPS) is 14.0. The van der Waals surface area contributed by atoms with E-state index in [1.165, 1.54) is 36.3 Å². The summed E-state index contributed by atoms with van der Waals surface area (Å²) in [6.45, 7) is 4.02. The van der Waals surface area contributed by atoms with E-state index in [4.69, 9.17) is 4.52 Å². The summed E-state index contributed by atoms with van der Waals surface area (Å²) < 4.78 is 19.2. The van der Waals surface area contributed by atoms with E-state index in [1.54, 1.807) is 43.4 Å². The lowest BCUT2D eigenvalue weighted by atomic mass is 10.1. The van der Waals surface area contributed by atoms with Gasteiger partial charge in [-0.1, -0.05) is 23.7 Å². The van der Waals surface area contributed by atoms with Crippen LogP contribution in [0.4, 0.5) is 4.39 Å². The third-order valence-electron chi connectivity index (χ3n) is 6.15. The molecular formula is C26H30FN5O3. The average Bonchev–Trinajstić information content (AvgIpc) is 3.37. The Morgan fingerprint density at radius 3 is 2.57 bits per heavy atom. The van der Waals surface area contributed by atoms with Crippen LogP contribution in [0.1, 0.15) is 45.8 Å². The van der Waals surface area contributed by atoms with E-state index in [1.807, 2.05) is 0 Å². The van der Waals surface area contributed by atoms with E-state index >= 15 is 0 Å². The van der Waals surface area contributed by atoms with Crippen LogP contribution in [0.2, 0.25) is 0 Å². The lowest BCUT2D eigenvalue weighted by molar-refractivity contribution is 0.0790. The van der Waals surface area contributed by atoms with Crippen molar-refractivity contribution in [2.45, 2.75) is 25.7 Å². The second-order valence-corrected chi connectivity index (χ2v) is 8.71. The maximum atomic E-state index is 13.9. The number of amides is 2. The zero-order valence-electron chi connectivity index (χ0n) is 19.9. The minimum absolute atomic E-state index is 0.0272. The van der Waals surface area contributed by atoms with Crippen LogP contribution < -0.4 is 5.32 Å². The summed E-state index contributed by atoms with van der Waals surface area (Å²) in [5.41, 5.74) is 1.30. The molecule has 0 radical (unpaired) electrons. The Labute approximate surface area is 204 Å². The number of carbonyl (C=O) groups is 2. The standard InChI is InChI=1S/C26H30FN5O3/c1-31(26(34)21-7-3-4-8-22(21)27)17-13-23-29-25(35-30-23)20-11-9-19(10-12-20)24(33)28-14-18-32-15-5-2-6-16-32/h3-4,7-12H,2,5-6,13-18H2,1H3,(H,28,33). The SMILES string of the molecule is CN(CCc1noc(-c2ccc(C(=O)NCCN3CCCCC3)cc2)n1)C(=O)c1ccccc1F. The van der Waals surface area contributed by atoms with Crippen LogP contribution in [0.5, 0.6) is 0 Å². The van der Waals surface area contributed by atoms with Crippen molar-refractivity contribution in [1.29, 1.82) is 0 Å². The van der Waals surface area contributed by atoms with Gasteiger partial charge >= 0.3 is 0 Å². The summed E-state index contributed by atoms with van der Waals surface area (Å²) in [5.74, 6) is -0.294. The van der Waals surface area contributed by atoms with Gasteiger partial charge in [-0.25, -0.2) is 4.39 Å². The van der Waals surface area contributed by atoms with Crippen molar-refractivity contribution in [1.82, 2.24) is 25.3 Å². The quantitative estimate of drug-likeness (QED) is 0.506. The molecule has 184 valence electrons. The number of likely N-dealkylation sites (tertiary alicyclic amines) is 1. The van der Waals surface area contributed by atoms with E-state index in [9.17, 15) is 14.0 Å². The third kappa shape index (κ3) is 6.51. The van der Waals surface area contributed by atoms with Gasteiger partial charge in [0.05, 0.1) is 5.56 Å². The van der Waals surface area contributed by atoms with Crippen molar-refractivity contribution in [3.63, 3.8) is 0 Å². The first kappa shape index (κ1) is 24.5.